The summed E-state index contributed by atoms with van der Waals surface area (Å²) in [6.07, 6.45) is 1.44. The van der Waals surface area contributed by atoms with Crippen LogP contribution in [0.1, 0.15) is 21.5 Å². The molecule has 5 nitrogen and oxygen atoms in total. The van der Waals surface area contributed by atoms with Crippen molar-refractivity contribution in [2.75, 3.05) is 0 Å². The minimum absolute atomic E-state index is 0.0889. The van der Waals surface area contributed by atoms with Gasteiger partial charge in [0, 0.05) is 10.0 Å². The van der Waals surface area contributed by atoms with Crippen LogP contribution in [0.5, 0.6) is 11.5 Å². The summed E-state index contributed by atoms with van der Waals surface area (Å²) < 4.78 is 6.62. The van der Waals surface area contributed by atoms with Crippen molar-refractivity contribution in [1.82, 2.24) is 5.43 Å². The number of aromatic hydroxyl groups is 1. The van der Waals surface area contributed by atoms with Crippen LogP contribution in [0.15, 0.2) is 94.5 Å². The Balaban J connectivity index is 1.53. The predicted molar refractivity (Wildman–Crippen MR) is 126 cm³/mol. The third-order valence-corrected chi connectivity index (χ3v) is 5.22. The van der Waals surface area contributed by atoms with Crippen LogP contribution in [0.25, 0.3) is 10.8 Å². The van der Waals surface area contributed by atoms with Crippen LogP contribution in [0, 0.1) is 0 Å². The summed E-state index contributed by atoms with van der Waals surface area (Å²) in [5, 5.41) is 16.1. The Morgan fingerprint density at radius 1 is 1.00 bits per heavy atom. The monoisotopic (exact) mass is 474 g/mol. The van der Waals surface area contributed by atoms with Gasteiger partial charge in [0.25, 0.3) is 5.91 Å². The van der Waals surface area contributed by atoms with E-state index in [2.05, 4.69) is 26.5 Å². The molecule has 4 aromatic rings. The number of nitrogens with zero attached hydrogens (tertiary/aromatic N) is 1. The quantitative estimate of drug-likeness (QED) is 0.280. The third-order valence-electron chi connectivity index (χ3n) is 4.73. The van der Waals surface area contributed by atoms with E-state index >= 15 is 0 Å². The van der Waals surface area contributed by atoms with Crippen molar-refractivity contribution in [1.29, 1.82) is 0 Å². The number of halogens is 1. The second-order valence-electron chi connectivity index (χ2n) is 6.83. The van der Waals surface area contributed by atoms with Gasteiger partial charge in [-0.1, -0.05) is 76.6 Å². The van der Waals surface area contributed by atoms with Crippen molar-refractivity contribution in [2.24, 2.45) is 5.10 Å². The number of phenolic OH excluding ortho intramolecular Hbond substituents is 1. The van der Waals surface area contributed by atoms with E-state index in [9.17, 15) is 9.90 Å². The third kappa shape index (κ3) is 4.92. The molecule has 0 unspecified atom stereocenters. The van der Waals surface area contributed by atoms with Gasteiger partial charge in [0.15, 0.2) is 0 Å². The fourth-order valence-corrected chi connectivity index (χ4v) is 3.54. The number of ether oxygens (including phenoxy) is 1. The number of phenols is 1. The molecule has 0 heterocycles. The molecule has 4 aromatic carbocycles. The average molecular weight is 475 g/mol. The largest absolute Gasteiger partial charge is 0.507 e. The molecule has 0 bridgehead atoms. The highest BCUT2D eigenvalue weighted by Crippen LogP contribution is 2.26. The fourth-order valence-electron chi connectivity index (χ4n) is 3.18. The van der Waals surface area contributed by atoms with Crippen LogP contribution in [0.4, 0.5) is 0 Å². The van der Waals surface area contributed by atoms with Crippen LogP contribution >= 0.6 is 15.9 Å². The molecule has 0 aromatic heterocycles. The Labute approximate surface area is 188 Å². The maximum Gasteiger partial charge on any atom is 0.275 e. The first-order valence-corrected chi connectivity index (χ1v) is 10.4. The lowest BCUT2D eigenvalue weighted by molar-refractivity contribution is 0.0950. The summed E-state index contributed by atoms with van der Waals surface area (Å²) in [6, 6.07) is 26.0. The zero-order chi connectivity index (χ0) is 21.6. The van der Waals surface area contributed by atoms with Crippen molar-refractivity contribution < 1.29 is 14.6 Å². The molecular weight excluding hydrogens is 456 g/mol. The van der Waals surface area contributed by atoms with Gasteiger partial charge in [0.1, 0.15) is 18.1 Å². The van der Waals surface area contributed by atoms with Crippen LogP contribution in [0.2, 0.25) is 0 Å². The normalized spacial score (nSPS) is 11.0. The lowest BCUT2D eigenvalue weighted by Gasteiger charge is -2.11. The standard InChI is InChI=1S/C25H19BrN2O3/c26-19-11-13-24(31-16-17-6-2-1-3-7-17)21(14-19)25(30)28-27-15-22-20-9-5-4-8-18(20)10-12-23(22)29/h1-15,29H,16H2,(H,28,30). The summed E-state index contributed by atoms with van der Waals surface area (Å²) in [5.74, 6) is 0.124. The summed E-state index contributed by atoms with van der Waals surface area (Å²) in [6.45, 7) is 0.343. The van der Waals surface area contributed by atoms with E-state index in [0.717, 1.165) is 20.8 Å². The minimum atomic E-state index is -0.416. The van der Waals surface area contributed by atoms with Gasteiger partial charge in [-0.2, -0.15) is 5.10 Å². The topological polar surface area (TPSA) is 70.9 Å². The summed E-state index contributed by atoms with van der Waals surface area (Å²) in [7, 11) is 0. The number of hydrogen-bond donors (Lipinski definition) is 2. The van der Waals surface area contributed by atoms with Gasteiger partial charge in [-0.3, -0.25) is 4.79 Å². The van der Waals surface area contributed by atoms with Crippen molar-refractivity contribution in [3.63, 3.8) is 0 Å². The van der Waals surface area contributed by atoms with Crippen molar-refractivity contribution in [3.8, 4) is 11.5 Å². The molecular formula is C25H19BrN2O3. The average Bonchev–Trinajstić information content (AvgIpc) is 2.80. The van der Waals surface area contributed by atoms with E-state index in [1.165, 1.54) is 6.21 Å². The molecule has 0 atom stereocenters. The molecule has 0 aliphatic rings. The maximum atomic E-state index is 12.8. The van der Waals surface area contributed by atoms with Gasteiger partial charge in [-0.05, 0) is 40.6 Å². The molecule has 6 heteroatoms. The Bertz CT molecular complexity index is 1260. The van der Waals surface area contributed by atoms with Gasteiger partial charge in [0.2, 0.25) is 0 Å². The number of fused-ring (bicyclic) bond motifs is 1. The first kappa shape index (κ1) is 20.6. The van der Waals surface area contributed by atoms with Gasteiger partial charge < -0.3 is 9.84 Å². The van der Waals surface area contributed by atoms with Crippen LogP contribution in [0.3, 0.4) is 0 Å². The number of nitrogens with one attached hydrogen (secondary N) is 1. The number of hydrogen-bond acceptors (Lipinski definition) is 4. The number of benzene rings is 4. The summed E-state index contributed by atoms with van der Waals surface area (Å²) in [4.78, 5) is 12.8. The second-order valence-corrected chi connectivity index (χ2v) is 7.75. The van der Waals surface area contributed by atoms with E-state index in [-0.39, 0.29) is 5.75 Å². The summed E-state index contributed by atoms with van der Waals surface area (Å²) >= 11 is 3.40. The van der Waals surface area contributed by atoms with Crippen molar-refractivity contribution in [2.45, 2.75) is 6.61 Å². The lowest BCUT2D eigenvalue weighted by atomic mass is 10.0. The van der Waals surface area contributed by atoms with Crippen molar-refractivity contribution in [3.05, 3.63) is 106 Å². The second kappa shape index (κ2) is 9.45. The van der Waals surface area contributed by atoms with Gasteiger partial charge in [-0.25, -0.2) is 5.43 Å². The minimum Gasteiger partial charge on any atom is -0.507 e. The Kier molecular flexibility index (Phi) is 6.29. The molecule has 0 fully saturated rings. The van der Waals surface area contributed by atoms with Gasteiger partial charge in [-0.15, -0.1) is 0 Å². The van der Waals surface area contributed by atoms with Gasteiger partial charge in [0.05, 0.1) is 11.8 Å². The zero-order valence-corrected chi connectivity index (χ0v) is 18.0. The zero-order valence-electron chi connectivity index (χ0n) is 16.5. The molecule has 0 saturated carbocycles. The molecule has 0 aliphatic heterocycles. The van der Waals surface area contributed by atoms with Crippen molar-refractivity contribution >= 4 is 38.8 Å². The highest BCUT2D eigenvalue weighted by molar-refractivity contribution is 9.10. The first-order chi connectivity index (χ1) is 15.1. The Morgan fingerprint density at radius 2 is 1.77 bits per heavy atom. The molecule has 31 heavy (non-hydrogen) atoms. The predicted octanol–water partition coefficient (Wildman–Crippen LogP) is 5.65. The molecule has 0 spiro atoms. The van der Waals surface area contributed by atoms with Crippen LogP contribution in [-0.2, 0) is 6.61 Å². The van der Waals surface area contributed by atoms with E-state index in [1.807, 2.05) is 66.7 Å². The number of carbonyl (C=O) groups is 1. The summed E-state index contributed by atoms with van der Waals surface area (Å²) in [5.41, 5.74) is 4.41. The molecule has 0 aliphatic carbocycles. The molecule has 2 N–H and O–H groups in total. The van der Waals surface area contributed by atoms with Crippen LogP contribution < -0.4 is 10.2 Å². The van der Waals surface area contributed by atoms with E-state index < -0.39 is 5.91 Å². The molecule has 154 valence electrons. The first-order valence-electron chi connectivity index (χ1n) is 9.62. The number of rotatable bonds is 6. The van der Waals surface area contributed by atoms with E-state index in [0.29, 0.717) is 23.5 Å². The lowest BCUT2D eigenvalue weighted by Crippen LogP contribution is -2.19. The highest BCUT2D eigenvalue weighted by atomic mass is 79.9. The number of amides is 1. The Hall–Kier alpha value is -3.64. The van der Waals surface area contributed by atoms with Crippen LogP contribution in [-0.4, -0.2) is 17.2 Å². The molecule has 4 rings (SSSR count). The van der Waals surface area contributed by atoms with E-state index in [1.54, 1.807) is 18.2 Å². The Morgan fingerprint density at radius 3 is 2.61 bits per heavy atom. The van der Waals surface area contributed by atoms with Gasteiger partial charge >= 0.3 is 0 Å². The van der Waals surface area contributed by atoms with E-state index in [4.69, 9.17) is 4.74 Å². The smallest absolute Gasteiger partial charge is 0.275 e. The molecule has 1 amide bonds. The maximum absolute atomic E-state index is 12.8. The highest BCUT2D eigenvalue weighted by Gasteiger charge is 2.13. The molecule has 0 radical (unpaired) electrons. The number of carbonyl (C=O) groups excluding carboxylic acids is 1. The number of hydrazone groups is 1. The molecule has 0 saturated heterocycles. The fraction of sp³-hybridized carbons (Fsp3) is 0.0400. The SMILES string of the molecule is O=C(NN=Cc1c(O)ccc2ccccc12)c1cc(Br)ccc1OCc1ccccc1.